The average Bonchev–Trinajstić information content (AvgIpc) is 3.50. The summed E-state index contributed by atoms with van der Waals surface area (Å²) in [5, 5.41) is 11.2. The Balaban J connectivity index is 0.00000175. The molecule has 3 atom stereocenters. The third-order valence-electron chi connectivity index (χ3n) is 10.1. The predicted molar refractivity (Wildman–Crippen MR) is 172 cm³/mol. The number of amides is 1. The Morgan fingerprint density at radius 1 is 1.20 bits per heavy atom. The molecule has 4 aliphatic rings. The van der Waals surface area contributed by atoms with Crippen LogP contribution in [0.3, 0.4) is 0 Å². The summed E-state index contributed by atoms with van der Waals surface area (Å²) in [7, 11) is 2.53. The standard InChI is InChI=1S/C33H41N7O3.CH3F/c1-5-27(42)39-12-9-23(18-39)38(4)31-26-16-35-28(25-13-24(41)15-34-30(25)22-7-8-22)21(3)29(26)36-32(37-31)43-19-33-10-6-11-40(33)17-20(2)14-33;1-2/h5,13,15-16,20,22-23,41H,1,6-12,14,17-19H2,2-4H3;1H3. The number of aromatic nitrogens is 4. The van der Waals surface area contributed by atoms with Crippen LogP contribution in [0.1, 0.15) is 62.6 Å². The van der Waals surface area contributed by atoms with E-state index < -0.39 is 0 Å². The van der Waals surface area contributed by atoms with Gasteiger partial charge >= 0.3 is 6.01 Å². The molecule has 0 aromatic carbocycles. The molecule has 3 aromatic rings. The number of likely N-dealkylation sites (N-methyl/N-ethyl adjacent to an activating group) is 1. The summed E-state index contributed by atoms with van der Waals surface area (Å²) in [5.74, 6) is 1.87. The van der Waals surface area contributed by atoms with E-state index in [4.69, 9.17) is 19.7 Å². The third-order valence-corrected chi connectivity index (χ3v) is 10.1. The van der Waals surface area contributed by atoms with Crippen molar-refractivity contribution in [1.29, 1.82) is 0 Å². The molecule has 0 bridgehead atoms. The molecule has 3 aliphatic heterocycles. The number of aryl methyl sites for hydroxylation is 1. The summed E-state index contributed by atoms with van der Waals surface area (Å²) in [6, 6.07) is 2.22. The first-order valence-electron chi connectivity index (χ1n) is 16.0. The van der Waals surface area contributed by atoms with Crippen LogP contribution >= 0.6 is 0 Å². The number of carbonyl (C=O) groups is 1. The maximum atomic E-state index is 12.3. The van der Waals surface area contributed by atoms with Crippen LogP contribution in [0.5, 0.6) is 11.8 Å². The predicted octanol–water partition coefficient (Wildman–Crippen LogP) is 5.04. The first kappa shape index (κ1) is 31.1. The smallest absolute Gasteiger partial charge is 0.319 e. The molecule has 1 saturated carbocycles. The molecule has 6 heterocycles. The SMILES string of the molecule is C=CC(=O)N1CCC(N(C)c2nc(OCC34CCCN3CC(C)C4)nc3c(C)c(-c4cc(O)cnc4C4CC4)ncc23)C1.CF. The minimum atomic E-state index is -0.0491. The lowest BCUT2D eigenvalue weighted by atomic mass is 9.92. The monoisotopic (exact) mass is 617 g/mol. The largest absolute Gasteiger partial charge is 0.506 e. The number of rotatable bonds is 8. The van der Waals surface area contributed by atoms with Gasteiger partial charge in [0.05, 0.1) is 41.2 Å². The highest BCUT2D eigenvalue weighted by atomic mass is 19.1. The van der Waals surface area contributed by atoms with Crippen LogP contribution in [0.15, 0.2) is 31.1 Å². The van der Waals surface area contributed by atoms with Gasteiger partial charge < -0.3 is 19.6 Å². The zero-order chi connectivity index (χ0) is 31.9. The molecule has 4 fully saturated rings. The van der Waals surface area contributed by atoms with Crippen molar-refractivity contribution in [3.63, 3.8) is 0 Å². The van der Waals surface area contributed by atoms with Gasteiger partial charge in [-0.15, -0.1) is 0 Å². The van der Waals surface area contributed by atoms with Gasteiger partial charge in [0.25, 0.3) is 0 Å². The highest BCUT2D eigenvalue weighted by Crippen LogP contribution is 2.45. The minimum absolute atomic E-state index is 0.0473. The third kappa shape index (κ3) is 5.82. The maximum absolute atomic E-state index is 12.3. The molecule has 3 aromatic heterocycles. The number of hydrogen-bond donors (Lipinski definition) is 1. The zero-order valence-electron chi connectivity index (χ0n) is 26.8. The van der Waals surface area contributed by atoms with Crippen LogP contribution in [-0.4, -0.2) is 99.3 Å². The Hall–Kier alpha value is -3.86. The van der Waals surface area contributed by atoms with E-state index in [0.29, 0.717) is 44.7 Å². The van der Waals surface area contributed by atoms with Gasteiger partial charge in [-0.2, -0.15) is 9.97 Å². The fraction of sp³-hybridized carbons (Fsp3) is 0.559. The average molecular weight is 618 g/mol. The van der Waals surface area contributed by atoms with E-state index in [9.17, 15) is 14.3 Å². The van der Waals surface area contributed by atoms with E-state index in [1.807, 2.05) is 25.1 Å². The molecule has 7 rings (SSSR count). The number of carbonyl (C=O) groups excluding carboxylic acids is 1. The highest BCUT2D eigenvalue weighted by Gasteiger charge is 2.48. The number of fused-ring (bicyclic) bond motifs is 2. The van der Waals surface area contributed by atoms with Crippen molar-refractivity contribution in [2.75, 3.05) is 51.9 Å². The summed E-state index contributed by atoms with van der Waals surface area (Å²) in [6.45, 7) is 12.1. The summed E-state index contributed by atoms with van der Waals surface area (Å²) >= 11 is 0. The van der Waals surface area contributed by atoms with Crippen LogP contribution in [0.2, 0.25) is 0 Å². The topological polar surface area (TPSA) is 108 Å². The second-order valence-corrected chi connectivity index (χ2v) is 13.1. The fourth-order valence-electron chi connectivity index (χ4n) is 7.70. The molecule has 0 radical (unpaired) electrons. The Bertz CT molecular complexity index is 1600. The van der Waals surface area contributed by atoms with Gasteiger partial charge in [0, 0.05) is 56.0 Å². The number of halogens is 1. The Morgan fingerprint density at radius 2 is 2.00 bits per heavy atom. The second kappa shape index (κ2) is 12.5. The van der Waals surface area contributed by atoms with Gasteiger partial charge in [-0.05, 0) is 70.1 Å². The molecule has 0 spiro atoms. The van der Waals surface area contributed by atoms with E-state index in [2.05, 4.69) is 28.3 Å². The van der Waals surface area contributed by atoms with E-state index >= 15 is 0 Å². The van der Waals surface area contributed by atoms with Crippen LogP contribution in [0, 0.1) is 12.8 Å². The molecule has 1 N–H and O–H groups in total. The van der Waals surface area contributed by atoms with Gasteiger partial charge in [0.15, 0.2) is 0 Å². The molecular weight excluding hydrogens is 573 g/mol. The van der Waals surface area contributed by atoms with Crippen molar-refractivity contribution in [2.45, 2.75) is 69.9 Å². The summed E-state index contributed by atoms with van der Waals surface area (Å²) in [6.07, 6.45) is 11.2. The lowest BCUT2D eigenvalue weighted by Crippen LogP contribution is -2.43. The minimum Gasteiger partial charge on any atom is -0.506 e. The number of likely N-dealkylation sites (tertiary alicyclic amines) is 1. The maximum Gasteiger partial charge on any atom is 0.319 e. The Labute approximate surface area is 264 Å². The number of alkyl halides is 1. The molecular formula is C34H44FN7O3. The fourth-order valence-corrected chi connectivity index (χ4v) is 7.70. The Kier molecular flexibility index (Phi) is 8.65. The van der Waals surface area contributed by atoms with E-state index in [1.54, 1.807) is 6.07 Å². The van der Waals surface area contributed by atoms with Crippen LogP contribution < -0.4 is 9.64 Å². The Morgan fingerprint density at radius 3 is 2.76 bits per heavy atom. The van der Waals surface area contributed by atoms with E-state index in [-0.39, 0.29) is 23.2 Å². The molecule has 240 valence electrons. The summed E-state index contributed by atoms with van der Waals surface area (Å²) in [4.78, 5) is 38.4. The van der Waals surface area contributed by atoms with E-state index in [0.717, 1.165) is 84.4 Å². The van der Waals surface area contributed by atoms with Crippen molar-refractivity contribution in [3.8, 4) is 23.0 Å². The number of hydrogen-bond acceptors (Lipinski definition) is 9. The lowest BCUT2D eigenvalue weighted by Gasteiger charge is -2.31. The summed E-state index contributed by atoms with van der Waals surface area (Å²) < 4.78 is 16.0. The van der Waals surface area contributed by atoms with Gasteiger partial charge in [0.1, 0.15) is 18.2 Å². The number of ether oxygens (including phenoxy) is 1. The summed E-state index contributed by atoms with van der Waals surface area (Å²) in [5.41, 5.74) is 4.33. The normalized spacial score (nSPS) is 24.3. The van der Waals surface area contributed by atoms with Crippen molar-refractivity contribution in [2.24, 2.45) is 5.92 Å². The molecule has 10 nitrogen and oxygen atoms in total. The number of nitrogens with zero attached hydrogens (tertiary/aromatic N) is 7. The van der Waals surface area contributed by atoms with Gasteiger partial charge in [-0.25, -0.2) is 0 Å². The lowest BCUT2D eigenvalue weighted by molar-refractivity contribution is -0.125. The number of pyridine rings is 2. The van der Waals surface area contributed by atoms with Crippen molar-refractivity contribution < 1.29 is 19.0 Å². The van der Waals surface area contributed by atoms with Gasteiger partial charge in [-0.1, -0.05) is 13.5 Å². The van der Waals surface area contributed by atoms with Crippen molar-refractivity contribution in [1.82, 2.24) is 29.7 Å². The molecule has 3 unspecified atom stereocenters. The van der Waals surface area contributed by atoms with Crippen molar-refractivity contribution in [3.05, 3.63) is 42.4 Å². The molecule has 1 aliphatic carbocycles. The van der Waals surface area contributed by atoms with Crippen LogP contribution in [0.4, 0.5) is 10.2 Å². The molecule has 1 amide bonds. The quantitative estimate of drug-likeness (QED) is 0.348. The first-order chi connectivity index (χ1) is 21.8. The molecule has 3 saturated heterocycles. The van der Waals surface area contributed by atoms with Gasteiger partial charge in [0.2, 0.25) is 5.91 Å². The van der Waals surface area contributed by atoms with E-state index in [1.165, 1.54) is 18.7 Å². The van der Waals surface area contributed by atoms with Crippen LogP contribution in [0.25, 0.3) is 22.2 Å². The molecule has 45 heavy (non-hydrogen) atoms. The highest BCUT2D eigenvalue weighted by molar-refractivity contribution is 5.94. The molecule has 11 heteroatoms. The zero-order valence-corrected chi connectivity index (χ0v) is 26.8. The van der Waals surface area contributed by atoms with Gasteiger partial charge in [-0.3, -0.25) is 24.1 Å². The second-order valence-electron chi connectivity index (χ2n) is 13.1. The van der Waals surface area contributed by atoms with Crippen LogP contribution in [-0.2, 0) is 4.79 Å². The first-order valence-corrected chi connectivity index (χ1v) is 16.0. The number of anilines is 1. The number of aromatic hydroxyl groups is 1. The van der Waals surface area contributed by atoms with Crippen molar-refractivity contribution >= 4 is 22.6 Å².